The summed E-state index contributed by atoms with van der Waals surface area (Å²) in [6.07, 6.45) is 0. The maximum absolute atomic E-state index is 12.2. The van der Waals surface area contributed by atoms with Crippen LogP contribution in [0.4, 0.5) is 21.9 Å². The van der Waals surface area contributed by atoms with Gasteiger partial charge in [0.1, 0.15) is 10.1 Å². The molecule has 34 heavy (non-hydrogen) atoms. The number of anilines is 2. The van der Waals surface area contributed by atoms with Crippen molar-refractivity contribution in [1.29, 1.82) is 0 Å². The molecule has 0 bridgehead atoms. The van der Waals surface area contributed by atoms with E-state index in [0.717, 1.165) is 4.70 Å². The Morgan fingerprint density at radius 3 is 2.53 bits per heavy atom. The van der Waals surface area contributed by atoms with E-state index in [-0.39, 0.29) is 10.8 Å². The molecule has 5 N–H and O–H groups in total. The average molecular weight is 518 g/mol. The lowest BCUT2D eigenvalue weighted by Crippen LogP contribution is -2.45. The molecule has 0 saturated carbocycles. The number of nitro groups is 1. The Balaban J connectivity index is 1.32. The van der Waals surface area contributed by atoms with E-state index in [0.29, 0.717) is 32.7 Å². The molecule has 1 aliphatic heterocycles. The van der Waals surface area contributed by atoms with Crippen molar-refractivity contribution >= 4 is 84.8 Å². The maximum atomic E-state index is 12.2. The van der Waals surface area contributed by atoms with Crippen molar-refractivity contribution in [2.75, 3.05) is 16.4 Å². The van der Waals surface area contributed by atoms with Crippen LogP contribution in [-0.2, 0) is 4.79 Å². The first-order valence-electron chi connectivity index (χ1n) is 9.51. The SMILES string of the molecule is O=C(NNC(=S)Nc1ccc([N+](=O)[O-])cc1)Nc1ccc2nc(C3=N[C@@H](C(=O)O)CS3)sc2c1. The van der Waals surface area contributed by atoms with Crippen LogP contribution in [0.1, 0.15) is 5.01 Å². The number of carboxylic acid groups (broad SMARTS) is 1. The number of aromatic nitrogens is 1. The number of carboxylic acids is 1. The summed E-state index contributed by atoms with van der Waals surface area (Å²) in [4.78, 5) is 42.2. The van der Waals surface area contributed by atoms with Crippen molar-refractivity contribution in [3.63, 3.8) is 0 Å². The molecule has 4 rings (SSSR count). The van der Waals surface area contributed by atoms with Crippen molar-refractivity contribution in [1.82, 2.24) is 15.8 Å². The Morgan fingerprint density at radius 1 is 1.12 bits per heavy atom. The lowest BCUT2D eigenvalue weighted by molar-refractivity contribution is -0.384. The number of nitrogens with one attached hydrogen (secondary N) is 4. The monoisotopic (exact) mass is 517 g/mol. The summed E-state index contributed by atoms with van der Waals surface area (Å²) < 4.78 is 0.804. The van der Waals surface area contributed by atoms with Gasteiger partial charge in [-0.25, -0.2) is 20.0 Å². The first kappa shape index (κ1) is 23.3. The Kier molecular flexibility index (Phi) is 6.85. The summed E-state index contributed by atoms with van der Waals surface area (Å²) in [7, 11) is 0. The first-order chi connectivity index (χ1) is 16.3. The van der Waals surface area contributed by atoms with Gasteiger partial charge in [0.2, 0.25) is 0 Å². The number of non-ortho nitro benzene ring substituents is 1. The third-order valence-electron chi connectivity index (χ3n) is 4.39. The van der Waals surface area contributed by atoms with Gasteiger partial charge < -0.3 is 15.7 Å². The number of fused-ring (bicyclic) bond motifs is 1. The molecule has 1 atom stereocenters. The topological polar surface area (TPSA) is 171 Å². The Morgan fingerprint density at radius 2 is 1.85 bits per heavy atom. The summed E-state index contributed by atoms with van der Waals surface area (Å²) in [5.41, 5.74) is 6.60. The van der Waals surface area contributed by atoms with E-state index in [4.69, 9.17) is 17.3 Å². The van der Waals surface area contributed by atoms with Gasteiger partial charge in [-0.3, -0.25) is 20.5 Å². The lowest BCUT2D eigenvalue weighted by Gasteiger charge is -2.12. The van der Waals surface area contributed by atoms with Crippen LogP contribution < -0.4 is 21.5 Å². The molecule has 0 spiro atoms. The first-order valence-corrected chi connectivity index (χ1v) is 11.7. The van der Waals surface area contributed by atoms with Crippen molar-refractivity contribution in [3.05, 3.63) is 57.6 Å². The molecular formula is C19H15N7O5S3. The summed E-state index contributed by atoms with van der Waals surface area (Å²) in [6, 6.07) is 9.47. The number of aliphatic imine (C=N–C) groups is 1. The van der Waals surface area contributed by atoms with Gasteiger partial charge in [0.25, 0.3) is 5.69 Å². The molecule has 2 amide bonds. The largest absolute Gasteiger partial charge is 0.480 e. The number of hydrazine groups is 1. The molecule has 2 heterocycles. The van der Waals surface area contributed by atoms with Crippen LogP contribution in [0.5, 0.6) is 0 Å². The number of urea groups is 1. The molecule has 2 aromatic carbocycles. The highest BCUT2D eigenvalue weighted by atomic mass is 32.2. The number of rotatable bonds is 5. The minimum atomic E-state index is -0.961. The number of nitro benzene ring substituents is 1. The van der Waals surface area contributed by atoms with Gasteiger partial charge in [0.05, 0.1) is 15.1 Å². The van der Waals surface area contributed by atoms with Crippen molar-refractivity contribution < 1.29 is 19.6 Å². The minimum absolute atomic E-state index is 0.0496. The zero-order valence-corrected chi connectivity index (χ0v) is 19.4. The number of benzene rings is 2. The standard InChI is InChI=1S/C19H15N7O5S3/c27-17(28)13-8-33-15(23-13)16-22-12-6-3-10(7-14(12)34-16)20-18(29)24-25-19(32)21-9-1-4-11(5-2-9)26(30)31/h1-7,13H,8H2,(H,27,28)(H2,20,24,29)(H2,21,25,32)/t13-/m1/s1. The number of hydrogen-bond acceptors (Lipinski definition) is 9. The highest BCUT2D eigenvalue weighted by Crippen LogP contribution is 2.31. The zero-order chi connectivity index (χ0) is 24.2. The molecule has 15 heteroatoms. The van der Waals surface area contributed by atoms with Gasteiger partial charge in [0.15, 0.2) is 11.2 Å². The van der Waals surface area contributed by atoms with Crippen LogP contribution in [0.2, 0.25) is 0 Å². The van der Waals surface area contributed by atoms with Gasteiger partial charge in [-0.2, -0.15) is 0 Å². The molecule has 1 aliphatic rings. The van der Waals surface area contributed by atoms with E-state index in [9.17, 15) is 19.7 Å². The van der Waals surface area contributed by atoms with Gasteiger partial charge in [-0.1, -0.05) is 0 Å². The smallest absolute Gasteiger partial charge is 0.337 e. The fourth-order valence-corrected chi connectivity index (χ4v) is 5.09. The molecule has 0 fully saturated rings. The second-order valence-corrected chi connectivity index (χ2v) is 9.21. The average Bonchev–Trinajstić information content (AvgIpc) is 3.45. The lowest BCUT2D eigenvalue weighted by atomic mass is 10.3. The molecule has 0 unspecified atom stereocenters. The number of amides is 2. The maximum Gasteiger partial charge on any atom is 0.337 e. The highest BCUT2D eigenvalue weighted by Gasteiger charge is 2.26. The number of hydrogen-bond donors (Lipinski definition) is 5. The number of nitrogens with zero attached hydrogens (tertiary/aromatic N) is 3. The summed E-state index contributed by atoms with van der Waals surface area (Å²) >= 11 is 7.80. The second kappa shape index (κ2) is 9.98. The van der Waals surface area contributed by atoms with E-state index < -0.39 is 23.0 Å². The van der Waals surface area contributed by atoms with Gasteiger partial charge in [0, 0.05) is 29.3 Å². The third-order valence-corrected chi connectivity index (χ3v) is 6.80. The number of thioether (sulfide) groups is 1. The van der Waals surface area contributed by atoms with E-state index in [1.807, 2.05) is 0 Å². The number of thiazole rings is 1. The quantitative estimate of drug-likeness (QED) is 0.192. The molecule has 3 aromatic rings. The number of carbonyl (C=O) groups is 2. The van der Waals surface area contributed by atoms with Crippen LogP contribution in [0, 0.1) is 10.1 Å². The molecule has 0 saturated heterocycles. The third kappa shape index (κ3) is 5.56. The van der Waals surface area contributed by atoms with Crippen molar-refractivity contribution in [2.45, 2.75) is 6.04 Å². The normalized spacial score (nSPS) is 14.8. The molecule has 12 nitrogen and oxygen atoms in total. The van der Waals surface area contributed by atoms with Gasteiger partial charge >= 0.3 is 12.0 Å². The Labute approximate surface area is 205 Å². The Hall–Kier alpha value is -3.82. The van der Waals surface area contributed by atoms with Crippen LogP contribution in [-0.4, -0.2) is 49.0 Å². The fraction of sp³-hybridized carbons (Fsp3) is 0.105. The van der Waals surface area contributed by atoms with Crippen LogP contribution in [0.25, 0.3) is 10.2 Å². The Bertz CT molecular complexity index is 1330. The summed E-state index contributed by atoms with van der Waals surface area (Å²) in [6.45, 7) is 0. The van der Waals surface area contributed by atoms with Crippen molar-refractivity contribution in [2.24, 2.45) is 4.99 Å². The fourth-order valence-electron chi connectivity index (χ4n) is 2.82. The number of carbonyl (C=O) groups excluding carboxylic acids is 1. The van der Waals surface area contributed by atoms with Gasteiger partial charge in [-0.05, 0) is 42.5 Å². The second-order valence-electron chi connectivity index (χ2n) is 6.76. The van der Waals surface area contributed by atoms with E-state index >= 15 is 0 Å². The van der Waals surface area contributed by atoms with Crippen LogP contribution in [0.15, 0.2) is 47.5 Å². The predicted octanol–water partition coefficient (Wildman–Crippen LogP) is 3.17. The predicted molar refractivity (Wildman–Crippen MR) is 135 cm³/mol. The highest BCUT2D eigenvalue weighted by molar-refractivity contribution is 8.15. The summed E-state index contributed by atoms with van der Waals surface area (Å²) in [5, 5.41) is 26.6. The van der Waals surface area contributed by atoms with E-state index in [1.54, 1.807) is 18.2 Å². The zero-order valence-electron chi connectivity index (χ0n) is 17.0. The number of thiocarbonyl (C=S) groups is 1. The van der Waals surface area contributed by atoms with Crippen molar-refractivity contribution in [3.8, 4) is 0 Å². The summed E-state index contributed by atoms with van der Waals surface area (Å²) in [5.74, 6) is -0.585. The van der Waals surface area contributed by atoms with Gasteiger partial charge in [-0.15, -0.1) is 23.1 Å². The molecular weight excluding hydrogens is 502 g/mol. The minimum Gasteiger partial charge on any atom is -0.480 e. The molecule has 1 aromatic heterocycles. The molecule has 0 aliphatic carbocycles. The van der Waals surface area contributed by atoms with Crippen LogP contribution in [0.3, 0.4) is 0 Å². The number of aliphatic carboxylic acids is 1. The molecule has 174 valence electrons. The van der Waals surface area contributed by atoms with E-state index in [2.05, 4.69) is 31.5 Å². The van der Waals surface area contributed by atoms with Crippen LogP contribution >= 0.6 is 35.3 Å². The molecule has 0 radical (unpaired) electrons. The van der Waals surface area contributed by atoms with E-state index in [1.165, 1.54) is 47.4 Å².